The molecule has 1 saturated carbocycles. The molecule has 1 fully saturated rings. The largest absolute Gasteiger partial charge is 0.299 e. The van der Waals surface area contributed by atoms with Crippen molar-refractivity contribution in [1.29, 1.82) is 0 Å². The number of allylic oxidation sites excluding steroid dienone is 2. The molecular formula is C13H20O. The molecular weight excluding hydrogens is 172 g/mol. The van der Waals surface area contributed by atoms with E-state index in [1.807, 2.05) is 0 Å². The zero-order valence-electron chi connectivity index (χ0n) is 9.31. The van der Waals surface area contributed by atoms with Crippen LogP contribution in [-0.4, -0.2) is 5.78 Å². The van der Waals surface area contributed by atoms with Crippen LogP contribution in [0.15, 0.2) is 11.6 Å². The quantitative estimate of drug-likeness (QED) is 0.625. The number of carbonyl (C=O) groups excluding carboxylic acids is 1. The first-order chi connectivity index (χ1) is 6.69. The lowest BCUT2D eigenvalue weighted by atomic mass is 9.54. The normalized spacial score (nSPS) is 36.0. The van der Waals surface area contributed by atoms with E-state index in [9.17, 15) is 4.79 Å². The van der Waals surface area contributed by atoms with Crippen LogP contribution in [0.25, 0.3) is 0 Å². The first-order valence-electron chi connectivity index (χ1n) is 5.94. The number of rotatable bonds is 3. The highest BCUT2D eigenvalue weighted by molar-refractivity contribution is 5.90. The highest BCUT2D eigenvalue weighted by atomic mass is 16.1. The van der Waals surface area contributed by atoms with Gasteiger partial charge in [0.05, 0.1) is 5.41 Å². The summed E-state index contributed by atoms with van der Waals surface area (Å²) in [6.45, 7) is 4.38. The molecule has 0 bridgehead atoms. The van der Waals surface area contributed by atoms with E-state index in [1.54, 1.807) is 0 Å². The first kappa shape index (κ1) is 9.95. The summed E-state index contributed by atoms with van der Waals surface area (Å²) in [5, 5.41) is 0. The molecule has 0 N–H and O–H groups in total. The Morgan fingerprint density at radius 1 is 1.57 bits per heavy atom. The summed E-state index contributed by atoms with van der Waals surface area (Å²) in [5.74, 6) is 1.08. The van der Waals surface area contributed by atoms with Crippen LogP contribution in [0.3, 0.4) is 0 Å². The second kappa shape index (κ2) is 3.52. The van der Waals surface area contributed by atoms with E-state index >= 15 is 0 Å². The summed E-state index contributed by atoms with van der Waals surface area (Å²) < 4.78 is 0. The van der Waals surface area contributed by atoms with Crippen molar-refractivity contribution in [2.24, 2.45) is 11.3 Å². The van der Waals surface area contributed by atoms with Crippen molar-refractivity contribution in [3.05, 3.63) is 11.6 Å². The molecule has 0 aliphatic heterocycles. The van der Waals surface area contributed by atoms with Gasteiger partial charge in [-0.05, 0) is 38.5 Å². The van der Waals surface area contributed by atoms with E-state index in [0.29, 0.717) is 11.7 Å². The molecule has 0 aromatic rings. The van der Waals surface area contributed by atoms with Crippen LogP contribution in [-0.2, 0) is 4.79 Å². The van der Waals surface area contributed by atoms with Gasteiger partial charge in [0.25, 0.3) is 0 Å². The third-order valence-electron chi connectivity index (χ3n) is 4.11. The number of hydrogen-bond donors (Lipinski definition) is 0. The Kier molecular flexibility index (Phi) is 2.50. The van der Waals surface area contributed by atoms with Gasteiger partial charge in [0, 0.05) is 6.42 Å². The fourth-order valence-electron chi connectivity index (χ4n) is 2.93. The second-order valence-electron chi connectivity index (χ2n) is 4.92. The molecule has 1 nitrogen and oxygen atoms in total. The Bertz CT molecular complexity index is 277. The third kappa shape index (κ3) is 1.25. The van der Waals surface area contributed by atoms with Gasteiger partial charge in [0.15, 0.2) is 0 Å². The number of carbonyl (C=O) groups is 1. The first-order valence-corrected chi connectivity index (χ1v) is 5.94. The van der Waals surface area contributed by atoms with Gasteiger partial charge in [0.1, 0.15) is 5.78 Å². The fraction of sp³-hybridized carbons (Fsp3) is 0.769. The Labute approximate surface area is 86.6 Å². The minimum Gasteiger partial charge on any atom is -0.299 e. The van der Waals surface area contributed by atoms with Crippen LogP contribution in [0.4, 0.5) is 0 Å². The molecule has 2 aliphatic carbocycles. The van der Waals surface area contributed by atoms with Crippen molar-refractivity contribution in [2.75, 3.05) is 0 Å². The Morgan fingerprint density at radius 2 is 2.36 bits per heavy atom. The van der Waals surface area contributed by atoms with Gasteiger partial charge in [0.2, 0.25) is 0 Å². The monoisotopic (exact) mass is 192 g/mol. The molecule has 0 spiro atoms. The summed E-state index contributed by atoms with van der Waals surface area (Å²) in [6.07, 6.45) is 9.14. The number of ketones is 1. The van der Waals surface area contributed by atoms with Crippen molar-refractivity contribution < 1.29 is 4.79 Å². The van der Waals surface area contributed by atoms with Crippen molar-refractivity contribution in [3.63, 3.8) is 0 Å². The van der Waals surface area contributed by atoms with Crippen LogP contribution in [0, 0.1) is 11.3 Å². The third-order valence-corrected chi connectivity index (χ3v) is 4.11. The predicted octanol–water partition coefficient (Wildman–Crippen LogP) is 3.49. The van der Waals surface area contributed by atoms with Gasteiger partial charge < -0.3 is 0 Å². The molecule has 0 saturated heterocycles. The molecule has 2 rings (SSSR count). The standard InChI is InChI=1S/C13H20O/c1-3-4-6-10-9-11-7-5-8-12(14)13(10,11)2/h9,11H,3-8H2,1-2H3. The molecule has 1 heteroatoms. The van der Waals surface area contributed by atoms with E-state index in [1.165, 1.54) is 24.8 Å². The minimum absolute atomic E-state index is 0.0343. The summed E-state index contributed by atoms with van der Waals surface area (Å²) in [7, 11) is 0. The maximum Gasteiger partial charge on any atom is 0.143 e. The Morgan fingerprint density at radius 3 is 3.00 bits per heavy atom. The number of hydrogen-bond acceptors (Lipinski definition) is 1. The minimum atomic E-state index is -0.0343. The maximum atomic E-state index is 11.9. The molecule has 0 radical (unpaired) electrons. The highest BCUT2D eigenvalue weighted by Gasteiger charge is 2.50. The van der Waals surface area contributed by atoms with Gasteiger partial charge in [-0.15, -0.1) is 0 Å². The van der Waals surface area contributed by atoms with E-state index in [2.05, 4.69) is 19.9 Å². The van der Waals surface area contributed by atoms with Crippen molar-refractivity contribution >= 4 is 5.78 Å². The average molecular weight is 192 g/mol. The van der Waals surface area contributed by atoms with Gasteiger partial charge in [-0.2, -0.15) is 0 Å². The molecule has 0 aromatic carbocycles. The van der Waals surface area contributed by atoms with Gasteiger partial charge >= 0.3 is 0 Å². The number of fused-ring (bicyclic) bond motifs is 1. The zero-order chi connectivity index (χ0) is 10.2. The molecule has 0 aromatic heterocycles. The molecule has 2 atom stereocenters. The Balaban J connectivity index is 2.10. The van der Waals surface area contributed by atoms with Crippen LogP contribution in [0.5, 0.6) is 0 Å². The van der Waals surface area contributed by atoms with Gasteiger partial charge in [-0.25, -0.2) is 0 Å². The molecule has 2 unspecified atom stereocenters. The lowest BCUT2D eigenvalue weighted by molar-refractivity contribution is -0.131. The van der Waals surface area contributed by atoms with Crippen LogP contribution < -0.4 is 0 Å². The van der Waals surface area contributed by atoms with E-state index in [-0.39, 0.29) is 5.41 Å². The average Bonchev–Trinajstić information content (AvgIpc) is 2.17. The SMILES string of the molecule is CCCCC1=CC2CCCC(=O)C12C. The van der Waals surface area contributed by atoms with E-state index < -0.39 is 0 Å². The molecule has 0 heterocycles. The maximum absolute atomic E-state index is 11.9. The number of unbranched alkanes of at least 4 members (excludes halogenated alkanes) is 1. The fourth-order valence-corrected chi connectivity index (χ4v) is 2.93. The zero-order valence-corrected chi connectivity index (χ0v) is 9.31. The van der Waals surface area contributed by atoms with Crippen molar-refractivity contribution in [1.82, 2.24) is 0 Å². The summed E-state index contributed by atoms with van der Waals surface area (Å²) in [5.41, 5.74) is 1.40. The number of Topliss-reactive ketones (excluding diaryl/α,β-unsaturated/α-hetero) is 1. The summed E-state index contributed by atoms with van der Waals surface area (Å²) in [6, 6.07) is 0. The van der Waals surface area contributed by atoms with Crippen LogP contribution in [0.2, 0.25) is 0 Å². The lowest BCUT2D eigenvalue weighted by Crippen LogP contribution is -2.46. The van der Waals surface area contributed by atoms with Crippen molar-refractivity contribution in [2.45, 2.75) is 52.4 Å². The predicted molar refractivity (Wildman–Crippen MR) is 58.1 cm³/mol. The topological polar surface area (TPSA) is 17.1 Å². The van der Waals surface area contributed by atoms with E-state index in [4.69, 9.17) is 0 Å². The summed E-state index contributed by atoms with van der Waals surface area (Å²) in [4.78, 5) is 11.9. The molecule has 2 aliphatic rings. The summed E-state index contributed by atoms with van der Waals surface area (Å²) >= 11 is 0. The van der Waals surface area contributed by atoms with Crippen molar-refractivity contribution in [3.8, 4) is 0 Å². The second-order valence-corrected chi connectivity index (χ2v) is 4.92. The van der Waals surface area contributed by atoms with Gasteiger partial charge in [-0.3, -0.25) is 4.79 Å². The van der Waals surface area contributed by atoms with Crippen LogP contribution in [0.1, 0.15) is 52.4 Å². The Hall–Kier alpha value is -0.590. The smallest absolute Gasteiger partial charge is 0.143 e. The molecule has 0 amide bonds. The van der Waals surface area contributed by atoms with E-state index in [0.717, 1.165) is 19.3 Å². The highest BCUT2D eigenvalue weighted by Crippen LogP contribution is 2.54. The van der Waals surface area contributed by atoms with Gasteiger partial charge in [-0.1, -0.05) is 25.0 Å². The molecule has 14 heavy (non-hydrogen) atoms. The van der Waals surface area contributed by atoms with Crippen LogP contribution >= 0.6 is 0 Å². The molecule has 78 valence electrons. The lowest BCUT2D eigenvalue weighted by Gasteiger charge is -2.48.